The van der Waals surface area contributed by atoms with E-state index in [1.165, 1.54) is 38.2 Å². The van der Waals surface area contributed by atoms with Crippen LogP contribution in [0.25, 0.3) is 0 Å². The number of hydrogen-bond donors (Lipinski definition) is 1. The van der Waals surface area contributed by atoms with E-state index in [1.54, 1.807) is 0 Å². The molecule has 1 unspecified atom stereocenters. The molecule has 4 nitrogen and oxygen atoms in total. The SMILES string of the molecule is CC(c1ccnn1C)N(C)CC1CCNCC1. The summed E-state index contributed by atoms with van der Waals surface area (Å²) in [6.45, 7) is 5.81. The highest BCUT2D eigenvalue weighted by Gasteiger charge is 2.20. The number of piperidine rings is 1. The largest absolute Gasteiger partial charge is 0.317 e. The van der Waals surface area contributed by atoms with Crippen LogP contribution < -0.4 is 5.32 Å². The van der Waals surface area contributed by atoms with Crippen LogP contribution in [0.15, 0.2) is 12.3 Å². The van der Waals surface area contributed by atoms with E-state index in [4.69, 9.17) is 0 Å². The fourth-order valence-corrected chi connectivity index (χ4v) is 2.65. The van der Waals surface area contributed by atoms with E-state index in [0.717, 1.165) is 5.92 Å². The zero-order valence-corrected chi connectivity index (χ0v) is 11.2. The number of hydrogen-bond acceptors (Lipinski definition) is 3. The average Bonchev–Trinajstić information content (AvgIpc) is 2.76. The van der Waals surface area contributed by atoms with Crippen LogP contribution in [0.5, 0.6) is 0 Å². The summed E-state index contributed by atoms with van der Waals surface area (Å²) in [6, 6.07) is 2.56. The van der Waals surface area contributed by atoms with Crippen molar-refractivity contribution < 1.29 is 0 Å². The third kappa shape index (κ3) is 3.07. The minimum atomic E-state index is 0.442. The maximum atomic E-state index is 4.25. The van der Waals surface area contributed by atoms with Crippen LogP contribution in [-0.2, 0) is 7.05 Å². The van der Waals surface area contributed by atoms with Gasteiger partial charge in [-0.15, -0.1) is 0 Å². The van der Waals surface area contributed by atoms with Crippen LogP contribution in [0.2, 0.25) is 0 Å². The molecule has 4 heteroatoms. The van der Waals surface area contributed by atoms with Crippen molar-refractivity contribution in [3.05, 3.63) is 18.0 Å². The second-order valence-electron chi connectivity index (χ2n) is 5.19. The molecular formula is C13H24N4. The second-order valence-corrected chi connectivity index (χ2v) is 5.19. The third-order valence-electron chi connectivity index (χ3n) is 3.95. The second kappa shape index (κ2) is 5.65. The Morgan fingerprint density at radius 1 is 1.53 bits per heavy atom. The summed E-state index contributed by atoms with van der Waals surface area (Å²) in [5, 5.41) is 7.67. The lowest BCUT2D eigenvalue weighted by molar-refractivity contribution is 0.191. The summed E-state index contributed by atoms with van der Waals surface area (Å²) in [4.78, 5) is 2.45. The van der Waals surface area contributed by atoms with E-state index >= 15 is 0 Å². The van der Waals surface area contributed by atoms with Crippen LogP contribution in [-0.4, -0.2) is 41.4 Å². The van der Waals surface area contributed by atoms with Gasteiger partial charge in [-0.2, -0.15) is 5.10 Å². The third-order valence-corrected chi connectivity index (χ3v) is 3.95. The van der Waals surface area contributed by atoms with Crippen LogP contribution in [0.4, 0.5) is 0 Å². The molecule has 0 amide bonds. The van der Waals surface area contributed by atoms with Crippen LogP contribution in [0.1, 0.15) is 31.5 Å². The number of nitrogens with zero attached hydrogens (tertiary/aromatic N) is 3. The zero-order chi connectivity index (χ0) is 12.3. The monoisotopic (exact) mass is 236 g/mol. The molecule has 0 spiro atoms. The van der Waals surface area contributed by atoms with Gasteiger partial charge in [0.05, 0.1) is 5.69 Å². The van der Waals surface area contributed by atoms with Crippen LogP contribution >= 0.6 is 0 Å². The average molecular weight is 236 g/mol. The summed E-state index contributed by atoms with van der Waals surface area (Å²) < 4.78 is 1.98. The fourth-order valence-electron chi connectivity index (χ4n) is 2.65. The number of aromatic nitrogens is 2. The number of nitrogens with one attached hydrogen (secondary N) is 1. The first-order chi connectivity index (χ1) is 8.18. The predicted molar refractivity (Wildman–Crippen MR) is 69.8 cm³/mol. The lowest BCUT2D eigenvalue weighted by atomic mass is 9.97. The Hall–Kier alpha value is -0.870. The molecule has 1 N–H and O–H groups in total. The molecule has 1 aliphatic heterocycles. The molecule has 17 heavy (non-hydrogen) atoms. The van der Waals surface area contributed by atoms with Gasteiger partial charge in [-0.05, 0) is 51.9 Å². The molecule has 1 atom stereocenters. The minimum absolute atomic E-state index is 0.442. The highest BCUT2D eigenvalue weighted by atomic mass is 15.3. The van der Waals surface area contributed by atoms with Gasteiger partial charge in [-0.1, -0.05) is 0 Å². The molecule has 0 saturated carbocycles. The van der Waals surface area contributed by atoms with Gasteiger partial charge in [0.1, 0.15) is 0 Å². The molecule has 2 rings (SSSR count). The summed E-state index contributed by atoms with van der Waals surface area (Å²) in [5.74, 6) is 0.844. The topological polar surface area (TPSA) is 33.1 Å². The molecule has 1 fully saturated rings. The molecule has 2 heterocycles. The van der Waals surface area contributed by atoms with Crippen molar-refractivity contribution in [3.63, 3.8) is 0 Å². The Morgan fingerprint density at radius 3 is 2.82 bits per heavy atom. The molecule has 1 saturated heterocycles. The number of aryl methyl sites for hydroxylation is 1. The van der Waals surface area contributed by atoms with Crippen molar-refractivity contribution in [2.75, 3.05) is 26.7 Å². The standard InChI is InChI=1S/C13H24N4/c1-11(13-6-9-15-17(13)3)16(2)10-12-4-7-14-8-5-12/h6,9,11-12,14H,4-5,7-8,10H2,1-3H3. The molecule has 1 aromatic heterocycles. The Morgan fingerprint density at radius 2 is 2.24 bits per heavy atom. The summed E-state index contributed by atoms with van der Waals surface area (Å²) in [5.41, 5.74) is 1.29. The van der Waals surface area contributed by atoms with E-state index in [2.05, 4.69) is 35.4 Å². The van der Waals surface area contributed by atoms with E-state index in [1.807, 2.05) is 17.9 Å². The first-order valence-electron chi connectivity index (χ1n) is 6.57. The van der Waals surface area contributed by atoms with Crippen molar-refractivity contribution in [1.82, 2.24) is 20.0 Å². The quantitative estimate of drug-likeness (QED) is 0.858. The van der Waals surface area contributed by atoms with Gasteiger partial charge in [-0.25, -0.2) is 0 Å². The molecule has 96 valence electrons. The van der Waals surface area contributed by atoms with Crippen molar-refractivity contribution in [1.29, 1.82) is 0 Å². The smallest absolute Gasteiger partial charge is 0.0549 e. The molecule has 0 radical (unpaired) electrons. The number of rotatable bonds is 4. The van der Waals surface area contributed by atoms with Crippen molar-refractivity contribution >= 4 is 0 Å². The fraction of sp³-hybridized carbons (Fsp3) is 0.769. The lowest BCUT2D eigenvalue weighted by Gasteiger charge is -2.31. The lowest BCUT2D eigenvalue weighted by Crippen LogP contribution is -2.35. The van der Waals surface area contributed by atoms with Gasteiger partial charge < -0.3 is 5.32 Å². The van der Waals surface area contributed by atoms with Gasteiger partial charge in [0.15, 0.2) is 0 Å². The minimum Gasteiger partial charge on any atom is -0.317 e. The van der Waals surface area contributed by atoms with E-state index in [9.17, 15) is 0 Å². The van der Waals surface area contributed by atoms with Crippen LogP contribution in [0.3, 0.4) is 0 Å². The molecule has 1 aromatic rings. The first-order valence-corrected chi connectivity index (χ1v) is 6.57. The van der Waals surface area contributed by atoms with Gasteiger partial charge in [0.25, 0.3) is 0 Å². The van der Waals surface area contributed by atoms with Gasteiger partial charge in [-0.3, -0.25) is 9.58 Å². The van der Waals surface area contributed by atoms with E-state index < -0.39 is 0 Å². The molecule has 0 bridgehead atoms. The molecule has 0 aliphatic carbocycles. The molecule has 1 aliphatic rings. The first kappa shape index (κ1) is 12.6. The van der Waals surface area contributed by atoms with E-state index in [-0.39, 0.29) is 0 Å². The van der Waals surface area contributed by atoms with Crippen molar-refractivity contribution in [2.45, 2.75) is 25.8 Å². The van der Waals surface area contributed by atoms with E-state index in [0.29, 0.717) is 6.04 Å². The Bertz CT molecular complexity index is 341. The Balaban J connectivity index is 1.90. The Labute approximate surface area is 104 Å². The predicted octanol–water partition coefficient (Wildman–Crippen LogP) is 1.41. The Kier molecular flexibility index (Phi) is 4.18. The van der Waals surface area contributed by atoms with Gasteiger partial charge in [0.2, 0.25) is 0 Å². The maximum Gasteiger partial charge on any atom is 0.0549 e. The highest BCUT2D eigenvalue weighted by Crippen LogP contribution is 2.21. The summed E-state index contributed by atoms with van der Waals surface area (Å²) in [6.07, 6.45) is 4.50. The van der Waals surface area contributed by atoms with Crippen molar-refractivity contribution in [3.8, 4) is 0 Å². The molecular weight excluding hydrogens is 212 g/mol. The summed E-state index contributed by atoms with van der Waals surface area (Å²) in [7, 11) is 4.24. The summed E-state index contributed by atoms with van der Waals surface area (Å²) >= 11 is 0. The van der Waals surface area contributed by atoms with Crippen molar-refractivity contribution in [2.24, 2.45) is 13.0 Å². The van der Waals surface area contributed by atoms with Crippen LogP contribution in [0, 0.1) is 5.92 Å². The van der Waals surface area contributed by atoms with Gasteiger partial charge >= 0.3 is 0 Å². The maximum absolute atomic E-state index is 4.25. The molecule has 0 aromatic carbocycles. The highest BCUT2D eigenvalue weighted by molar-refractivity contribution is 5.05. The van der Waals surface area contributed by atoms with Gasteiger partial charge in [0, 0.05) is 25.8 Å². The normalized spacial score (nSPS) is 19.8. The zero-order valence-electron chi connectivity index (χ0n) is 11.2.